The summed E-state index contributed by atoms with van der Waals surface area (Å²) in [6.07, 6.45) is 0. The molecule has 0 aliphatic carbocycles. The monoisotopic (exact) mass is 96.0 g/mol. The van der Waals surface area contributed by atoms with Crippen LogP contribution in [0.3, 0.4) is 0 Å². The Morgan fingerprint density at radius 1 is 1.80 bits per heavy atom. The van der Waals surface area contributed by atoms with Gasteiger partial charge in [0.2, 0.25) is 0 Å². The van der Waals surface area contributed by atoms with Crippen LogP contribution in [0.5, 0.6) is 0 Å². The van der Waals surface area contributed by atoms with Crippen LogP contribution in [0.25, 0.3) is 0 Å². The predicted octanol–water partition coefficient (Wildman–Crippen LogP) is 0.0652. The molecule has 0 saturated carbocycles. The molecule has 0 heterocycles. The maximum atomic E-state index is 7.75. The van der Waals surface area contributed by atoms with Crippen LogP contribution in [0, 0.1) is 0 Å². The first-order valence-corrected chi connectivity index (χ1v) is 1.86. The molecular formula is CH5O3P. The van der Waals surface area contributed by atoms with Crippen LogP contribution in [-0.4, -0.2) is 12.0 Å². The zero-order valence-electron chi connectivity index (χ0n) is 2.76. The average Bonchev–Trinajstić information content (AvgIpc) is 1.41. The molecular weight excluding hydrogens is 91.0 g/mol. The van der Waals surface area contributed by atoms with E-state index in [1.165, 1.54) is 7.11 Å². The molecule has 0 amide bonds. The van der Waals surface area contributed by atoms with Crippen molar-refractivity contribution < 1.29 is 14.5 Å². The Labute approximate surface area is 31.8 Å². The van der Waals surface area contributed by atoms with Gasteiger partial charge in [-0.2, -0.15) is 4.67 Å². The number of hydrogen-bond donors (Lipinski definition) is 1. The first kappa shape index (κ1) is 5.31. The minimum atomic E-state index is -0.564. The maximum Gasteiger partial charge on any atom is 0.191 e. The van der Waals surface area contributed by atoms with Gasteiger partial charge in [0.15, 0.2) is 9.03 Å². The normalized spacial score (nSPS) is 10.8. The molecule has 0 aromatic rings. The van der Waals surface area contributed by atoms with Gasteiger partial charge in [-0.1, -0.05) is 0 Å². The zero-order chi connectivity index (χ0) is 4.12. The van der Waals surface area contributed by atoms with Gasteiger partial charge in [0, 0.05) is 0 Å². The van der Waals surface area contributed by atoms with Gasteiger partial charge in [0.05, 0.1) is 7.11 Å². The van der Waals surface area contributed by atoms with Crippen molar-refractivity contribution in [3.63, 3.8) is 0 Å². The highest BCUT2D eigenvalue weighted by Gasteiger charge is 1.65. The molecule has 5 heavy (non-hydrogen) atoms. The molecule has 0 spiro atoms. The van der Waals surface area contributed by atoms with Gasteiger partial charge in [0.1, 0.15) is 0 Å². The molecule has 0 rings (SSSR count). The van der Waals surface area contributed by atoms with Crippen molar-refractivity contribution in [2.24, 2.45) is 0 Å². The van der Waals surface area contributed by atoms with E-state index >= 15 is 0 Å². The summed E-state index contributed by atoms with van der Waals surface area (Å²) in [5, 5.41) is 0. The van der Waals surface area contributed by atoms with Gasteiger partial charge < -0.3 is 4.89 Å². The molecule has 0 aliphatic heterocycles. The fourth-order valence-electron chi connectivity index (χ4n) is 0.0373. The topological polar surface area (TPSA) is 38.7 Å². The van der Waals surface area contributed by atoms with Gasteiger partial charge in [-0.3, -0.25) is 0 Å². The summed E-state index contributed by atoms with van der Waals surface area (Å²) < 4.78 is 3.92. The Balaban J connectivity index is 2.19. The first-order chi connectivity index (χ1) is 2.41. The quantitative estimate of drug-likeness (QED) is 0.300. The molecule has 32 valence electrons. The van der Waals surface area contributed by atoms with Gasteiger partial charge in [-0.05, 0) is 0 Å². The van der Waals surface area contributed by atoms with Crippen LogP contribution < -0.4 is 0 Å². The van der Waals surface area contributed by atoms with Crippen LogP contribution in [0.15, 0.2) is 0 Å². The van der Waals surface area contributed by atoms with E-state index in [1.807, 2.05) is 0 Å². The number of hydrogen-bond acceptors (Lipinski definition) is 3. The first-order valence-electron chi connectivity index (χ1n) is 1.00. The van der Waals surface area contributed by atoms with E-state index in [-0.39, 0.29) is 0 Å². The summed E-state index contributed by atoms with van der Waals surface area (Å²) in [6.45, 7) is 0. The third-order valence-corrected chi connectivity index (χ3v) is 0.362. The van der Waals surface area contributed by atoms with Crippen LogP contribution in [0.2, 0.25) is 0 Å². The van der Waals surface area contributed by atoms with Crippen molar-refractivity contribution >= 4 is 9.03 Å². The molecule has 0 saturated heterocycles. The van der Waals surface area contributed by atoms with E-state index in [1.54, 1.807) is 0 Å². The summed E-state index contributed by atoms with van der Waals surface area (Å²) in [5.74, 6) is 0. The zero-order valence-corrected chi connectivity index (χ0v) is 3.76. The summed E-state index contributed by atoms with van der Waals surface area (Å²) in [4.78, 5) is 11.7. The Hall–Kier alpha value is 0.310. The highest BCUT2D eigenvalue weighted by Crippen LogP contribution is 2.00. The van der Waals surface area contributed by atoms with Crippen LogP contribution in [-0.2, 0) is 9.56 Å². The van der Waals surface area contributed by atoms with Gasteiger partial charge in [0.25, 0.3) is 0 Å². The van der Waals surface area contributed by atoms with E-state index in [9.17, 15) is 0 Å². The molecule has 0 aliphatic rings. The Kier molecular flexibility index (Phi) is 4.58. The van der Waals surface area contributed by atoms with Crippen molar-refractivity contribution in [1.29, 1.82) is 0 Å². The molecule has 1 unspecified atom stereocenters. The van der Waals surface area contributed by atoms with Crippen LogP contribution in [0.1, 0.15) is 0 Å². The second-order valence-corrected chi connectivity index (χ2v) is 0.691. The fraction of sp³-hybridized carbons (Fsp3) is 1.00. The van der Waals surface area contributed by atoms with Gasteiger partial charge in [-0.15, -0.1) is 0 Å². The molecule has 4 heteroatoms. The lowest BCUT2D eigenvalue weighted by molar-refractivity contribution is -0.172. The van der Waals surface area contributed by atoms with Gasteiger partial charge >= 0.3 is 0 Å². The SMILES string of the molecule is COOPO. The molecule has 0 bridgehead atoms. The highest BCUT2D eigenvalue weighted by atomic mass is 31.1. The fourth-order valence-corrected chi connectivity index (χ4v) is 0.112. The second kappa shape index (κ2) is 4.31. The Morgan fingerprint density at radius 3 is 2.40 bits per heavy atom. The van der Waals surface area contributed by atoms with Crippen LogP contribution >= 0.6 is 9.03 Å². The molecule has 3 nitrogen and oxygen atoms in total. The lowest BCUT2D eigenvalue weighted by atomic mass is 11.8. The Morgan fingerprint density at radius 2 is 2.40 bits per heavy atom. The van der Waals surface area contributed by atoms with E-state index in [4.69, 9.17) is 4.89 Å². The summed E-state index contributed by atoms with van der Waals surface area (Å²) in [7, 11) is 0.772. The predicted molar refractivity (Wildman–Crippen MR) is 18.6 cm³/mol. The summed E-state index contributed by atoms with van der Waals surface area (Å²) in [5.41, 5.74) is 0. The van der Waals surface area contributed by atoms with E-state index in [0.717, 1.165) is 0 Å². The van der Waals surface area contributed by atoms with E-state index in [2.05, 4.69) is 9.56 Å². The molecule has 0 aromatic heterocycles. The van der Waals surface area contributed by atoms with Crippen molar-refractivity contribution in [2.75, 3.05) is 7.11 Å². The van der Waals surface area contributed by atoms with Crippen molar-refractivity contribution in [2.45, 2.75) is 0 Å². The summed E-state index contributed by atoms with van der Waals surface area (Å²) >= 11 is 0. The number of rotatable bonds is 2. The van der Waals surface area contributed by atoms with Crippen molar-refractivity contribution in [3.8, 4) is 0 Å². The Bertz CT molecular complexity index is 14.4. The summed E-state index contributed by atoms with van der Waals surface area (Å²) in [6, 6.07) is 0. The minimum Gasteiger partial charge on any atom is -0.350 e. The smallest absolute Gasteiger partial charge is 0.191 e. The van der Waals surface area contributed by atoms with Crippen molar-refractivity contribution in [3.05, 3.63) is 0 Å². The lowest BCUT2D eigenvalue weighted by Gasteiger charge is -1.84. The molecule has 0 radical (unpaired) electrons. The average molecular weight is 96.0 g/mol. The second-order valence-electron chi connectivity index (χ2n) is 0.341. The molecule has 0 aromatic carbocycles. The molecule has 1 atom stereocenters. The van der Waals surface area contributed by atoms with Crippen LogP contribution in [0.4, 0.5) is 0 Å². The third-order valence-electron chi connectivity index (χ3n) is 0.121. The lowest BCUT2D eigenvalue weighted by Crippen LogP contribution is -1.68. The molecule has 1 N–H and O–H groups in total. The van der Waals surface area contributed by atoms with E-state index < -0.39 is 9.03 Å². The van der Waals surface area contributed by atoms with Crippen molar-refractivity contribution in [1.82, 2.24) is 0 Å². The van der Waals surface area contributed by atoms with E-state index in [0.29, 0.717) is 0 Å². The molecule has 0 fully saturated rings. The van der Waals surface area contributed by atoms with Gasteiger partial charge in [-0.25, -0.2) is 4.89 Å². The standard InChI is InChI=1S/CH5O3P/c1-3-4-5-2/h2,5H,1H3. The maximum absolute atomic E-state index is 7.75. The minimum absolute atomic E-state index is 0.564. The highest BCUT2D eigenvalue weighted by molar-refractivity contribution is 7.24. The third kappa shape index (κ3) is 4.31. The largest absolute Gasteiger partial charge is 0.350 e.